The number of amidine groups is 1. The summed E-state index contributed by atoms with van der Waals surface area (Å²) in [5.41, 5.74) is 0. The lowest BCUT2D eigenvalue weighted by molar-refractivity contribution is 0.213. The molecular weight excluding hydrogens is 210 g/mol. The van der Waals surface area contributed by atoms with Crippen molar-refractivity contribution in [3.8, 4) is 0 Å². The lowest BCUT2D eigenvalue weighted by atomic mass is 10.3. The van der Waals surface area contributed by atoms with E-state index in [-0.39, 0.29) is 6.03 Å². The van der Waals surface area contributed by atoms with E-state index in [0.29, 0.717) is 5.25 Å². The molecule has 86 valence electrons. The molecule has 1 atom stereocenters. The number of rotatable bonds is 2. The molecule has 4 nitrogen and oxygen atoms in total. The van der Waals surface area contributed by atoms with Gasteiger partial charge in [0.25, 0.3) is 0 Å². The number of urea groups is 1. The van der Waals surface area contributed by atoms with Gasteiger partial charge in [-0.3, -0.25) is 9.89 Å². The molecule has 1 aliphatic heterocycles. The highest BCUT2D eigenvalue weighted by Gasteiger charge is 2.23. The van der Waals surface area contributed by atoms with Crippen molar-refractivity contribution in [3.63, 3.8) is 0 Å². The number of carbonyl (C=O) groups is 1. The molecule has 1 fully saturated rings. The Hall–Kier alpha value is -0.710. The summed E-state index contributed by atoms with van der Waals surface area (Å²) in [6, 6.07) is -0.0161. The highest BCUT2D eigenvalue weighted by molar-refractivity contribution is 8.14. The Morgan fingerprint density at radius 1 is 1.73 bits per heavy atom. The van der Waals surface area contributed by atoms with E-state index >= 15 is 0 Å². The smallest absolute Gasteiger partial charge is 0.323 e. The van der Waals surface area contributed by atoms with Gasteiger partial charge >= 0.3 is 6.03 Å². The maximum absolute atomic E-state index is 11.6. The van der Waals surface area contributed by atoms with Gasteiger partial charge in [-0.05, 0) is 12.8 Å². The van der Waals surface area contributed by atoms with Crippen LogP contribution in [0.15, 0.2) is 4.99 Å². The van der Waals surface area contributed by atoms with Crippen molar-refractivity contribution in [2.45, 2.75) is 31.9 Å². The van der Waals surface area contributed by atoms with Crippen LogP contribution in [0.25, 0.3) is 0 Å². The molecule has 1 aliphatic rings. The van der Waals surface area contributed by atoms with Crippen LogP contribution >= 0.6 is 11.8 Å². The minimum absolute atomic E-state index is 0.0161. The van der Waals surface area contributed by atoms with Crippen molar-refractivity contribution < 1.29 is 4.79 Å². The zero-order valence-corrected chi connectivity index (χ0v) is 10.4. The fraction of sp³-hybridized carbons (Fsp3) is 0.800. The molecule has 5 heteroatoms. The predicted octanol–water partition coefficient (Wildman–Crippen LogP) is 1.92. The molecule has 0 radical (unpaired) electrons. The molecule has 1 unspecified atom stereocenters. The van der Waals surface area contributed by atoms with Crippen molar-refractivity contribution in [1.82, 2.24) is 10.2 Å². The summed E-state index contributed by atoms with van der Waals surface area (Å²) in [4.78, 5) is 17.5. The number of hydrogen-bond acceptors (Lipinski definition) is 3. The maximum Gasteiger partial charge on any atom is 0.323 e. The summed E-state index contributed by atoms with van der Waals surface area (Å²) in [7, 11) is 1.74. The van der Waals surface area contributed by atoms with Crippen LogP contribution < -0.4 is 5.32 Å². The molecule has 1 heterocycles. The van der Waals surface area contributed by atoms with Crippen LogP contribution in [0.5, 0.6) is 0 Å². The van der Waals surface area contributed by atoms with Gasteiger partial charge in [0.2, 0.25) is 0 Å². The van der Waals surface area contributed by atoms with Gasteiger partial charge < -0.3 is 5.32 Å². The molecule has 1 rings (SSSR count). The number of aliphatic imine (C=N–C) groups is 1. The van der Waals surface area contributed by atoms with E-state index in [2.05, 4.69) is 24.2 Å². The fourth-order valence-corrected chi connectivity index (χ4v) is 2.25. The average molecular weight is 229 g/mol. The van der Waals surface area contributed by atoms with E-state index in [1.54, 1.807) is 23.7 Å². The number of amides is 2. The topological polar surface area (TPSA) is 44.7 Å². The monoisotopic (exact) mass is 229 g/mol. The fourth-order valence-electron chi connectivity index (χ4n) is 1.31. The molecule has 0 aliphatic carbocycles. The Morgan fingerprint density at radius 3 is 3.00 bits per heavy atom. The molecule has 0 aromatic heterocycles. The predicted molar refractivity (Wildman–Crippen MR) is 65.4 cm³/mol. The first-order chi connectivity index (χ1) is 7.19. The van der Waals surface area contributed by atoms with Crippen molar-refractivity contribution in [2.75, 3.05) is 20.1 Å². The molecule has 0 aromatic rings. The van der Waals surface area contributed by atoms with Crippen molar-refractivity contribution in [3.05, 3.63) is 0 Å². The molecule has 1 N–H and O–H groups in total. The van der Waals surface area contributed by atoms with Gasteiger partial charge in [0.1, 0.15) is 0 Å². The van der Waals surface area contributed by atoms with Crippen LogP contribution in [0.2, 0.25) is 0 Å². The number of nitrogens with one attached hydrogen (secondary N) is 1. The Kier molecular flexibility index (Phi) is 4.94. The Balaban J connectivity index is 2.61. The Bertz CT molecular complexity index is 255. The normalized spacial score (nSPS) is 20.1. The van der Waals surface area contributed by atoms with Crippen LogP contribution in [-0.4, -0.2) is 41.5 Å². The standard InChI is InChI=1S/C10H19N3OS/c1-4-8(2)15-10(11-3)13-7-5-6-12-9(13)14/h8H,4-7H2,1-3H3,(H,12,14)/b11-10-. The lowest BCUT2D eigenvalue weighted by Gasteiger charge is -2.28. The summed E-state index contributed by atoms with van der Waals surface area (Å²) in [6.07, 6.45) is 2.07. The largest absolute Gasteiger partial charge is 0.338 e. The first-order valence-corrected chi connectivity index (χ1v) is 6.25. The molecule has 2 amide bonds. The molecular formula is C10H19N3OS. The lowest BCUT2D eigenvalue weighted by Crippen LogP contribution is -2.48. The first kappa shape index (κ1) is 12.4. The van der Waals surface area contributed by atoms with Crippen LogP contribution in [0.1, 0.15) is 26.7 Å². The quantitative estimate of drug-likeness (QED) is 0.581. The zero-order valence-electron chi connectivity index (χ0n) is 9.62. The number of carbonyl (C=O) groups excluding carboxylic acids is 1. The van der Waals surface area contributed by atoms with Gasteiger partial charge in [0, 0.05) is 25.4 Å². The van der Waals surface area contributed by atoms with E-state index in [1.165, 1.54) is 0 Å². The molecule has 15 heavy (non-hydrogen) atoms. The third kappa shape index (κ3) is 3.41. The molecule has 1 saturated heterocycles. The first-order valence-electron chi connectivity index (χ1n) is 5.37. The van der Waals surface area contributed by atoms with Crippen LogP contribution in [0.4, 0.5) is 4.79 Å². The maximum atomic E-state index is 11.6. The molecule has 0 saturated carbocycles. The van der Waals surface area contributed by atoms with E-state index in [0.717, 1.165) is 31.1 Å². The van der Waals surface area contributed by atoms with Crippen LogP contribution in [0, 0.1) is 0 Å². The second-order valence-corrected chi connectivity index (χ2v) is 4.99. The summed E-state index contributed by atoms with van der Waals surface area (Å²) >= 11 is 1.67. The van der Waals surface area contributed by atoms with Gasteiger partial charge in [0.15, 0.2) is 5.17 Å². The second kappa shape index (κ2) is 6.00. The third-order valence-electron chi connectivity index (χ3n) is 2.38. The number of thioether (sulfide) groups is 1. The minimum atomic E-state index is -0.0161. The zero-order chi connectivity index (χ0) is 11.3. The van der Waals surface area contributed by atoms with Gasteiger partial charge in [-0.25, -0.2) is 4.79 Å². The van der Waals surface area contributed by atoms with Gasteiger partial charge in [-0.1, -0.05) is 25.6 Å². The second-order valence-electron chi connectivity index (χ2n) is 3.58. The molecule has 0 bridgehead atoms. The van der Waals surface area contributed by atoms with Crippen molar-refractivity contribution in [2.24, 2.45) is 4.99 Å². The summed E-state index contributed by atoms with van der Waals surface area (Å²) in [6.45, 7) is 5.85. The number of nitrogens with zero attached hydrogens (tertiary/aromatic N) is 2. The van der Waals surface area contributed by atoms with Crippen LogP contribution in [0.3, 0.4) is 0 Å². The van der Waals surface area contributed by atoms with Crippen LogP contribution in [-0.2, 0) is 0 Å². The van der Waals surface area contributed by atoms with E-state index in [4.69, 9.17) is 0 Å². The van der Waals surface area contributed by atoms with Crippen molar-refractivity contribution >= 4 is 23.0 Å². The summed E-state index contributed by atoms with van der Waals surface area (Å²) < 4.78 is 0. The summed E-state index contributed by atoms with van der Waals surface area (Å²) in [5.74, 6) is 0. The molecule has 0 aromatic carbocycles. The highest BCUT2D eigenvalue weighted by Crippen LogP contribution is 2.19. The van der Waals surface area contributed by atoms with E-state index in [1.807, 2.05) is 0 Å². The van der Waals surface area contributed by atoms with E-state index < -0.39 is 0 Å². The third-order valence-corrected chi connectivity index (χ3v) is 3.73. The van der Waals surface area contributed by atoms with E-state index in [9.17, 15) is 4.79 Å². The van der Waals surface area contributed by atoms with Gasteiger partial charge in [0.05, 0.1) is 0 Å². The van der Waals surface area contributed by atoms with Gasteiger partial charge in [-0.15, -0.1) is 0 Å². The minimum Gasteiger partial charge on any atom is -0.338 e. The van der Waals surface area contributed by atoms with Gasteiger partial charge in [-0.2, -0.15) is 0 Å². The van der Waals surface area contributed by atoms with Crippen molar-refractivity contribution in [1.29, 1.82) is 0 Å². The highest BCUT2D eigenvalue weighted by atomic mass is 32.2. The Morgan fingerprint density at radius 2 is 2.47 bits per heavy atom. The molecule has 0 spiro atoms. The number of hydrogen-bond donors (Lipinski definition) is 1. The average Bonchev–Trinajstić information content (AvgIpc) is 2.26. The SMILES string of the molecule is CCC(C)S/C(=N\C)N1CCCNC1=O. The summed E-state index contributed by atoms with van der Waals surface area (Å²) in [5, 5.41) is 4.16. The Labute approximate surface area is 95.5 Å².